The first-order valence-electron chi connectivity index (χ1n) is 11.6. The summed E-state index contributed by atoms with van der Waals surface area (Å²) in [5, 5.41) is 7.40. The molecule has 0 aliphatic heterocycles. The molecular formula is C28H35N3O2. The number of nitrogens with zero attached hydrogens (tertiary/aromatic N) is 2. The zero-order valence-electron chi connectivity index (χ0n) is 20.8. The van der Waals surface area contributed by atoms with Crippen molar-refractivity contribution in [3.63, 3.8) is 0 Å². The quantitative estimate of drug-likeness (QED) is 0.482. The second-order valence-corrected chi connectivity index (χ2v) is 10.2. The summed E-state index contributed by atoms with van der Waals surface area (Å²) in [5.41, 5.74) is 5.94. The van der Waals surface area contributed by atoms with E-state index < -0.39 is 0 Å². The molecule has 3 rings (SSSR count). The lowest BCUT2D eigenvalue weighted by Crippen LogP contribution is -2.16. The molecule has 0 spiro atoms. The largest absolute Gasteiger partial charge is 0.322 e. The van der Waals surface area contributed by atoms with Crippen molar-refractivity contribution in [2.24, 2.45) is 5.92 Å². The SMILES string of the molecule is Cc1nn(C(=O)c2ccc(NC(=O)c3ccc(C(C)(C)C)cc3)cc2)c(C)c1CCC(C)C. The summed E-state index contributed by atoms with van der Waals surface area (Å²) < 4.78 is 1.50. The van der Waals surface area contributed by atoms with Gasteiger partial charge in [0.15, 0.2) is 0 Å². The number of amides is 1. The number of carbonyl (C=O) groups excluding carboxylic acids is 2. The van der Waals surface area contributed by atoms with Crippen molar-refractivity contribution >= 4 is 17.5 Å². The minimum absolute atomic E-state index is 0.0397. The maximum Gasteiger partial charge on any atom is 0.278 e. The van der Waals surface area contributed by atoms with Gasteiger partial charge in [-0.25, -0.2) is 4.68 Å². The highest BCUT2D eigenvalue weighted by atomic mass is 16.2. The second-order valence-electron chi connectivity index (χ2n) is 10.2. The molecule has 3 aromatic rings. The molecule has 0 fully saturated rings. The van der Waals surface area contributed by atoms with E-state index in [0.717, 1.165) is 29.8 Å². The van der Waals surface area contributed by atoms with Gasteiger partial charge < -0.3 is 5.32 Å². The van der Waals surface area contributed by atoms with Crippen LogP contribution in [0.5, 0.6) is 0 Å². The van der Waals surface area contributed by atoms with Crippen LogP contribution in [0.25, 0.3) is 0 Å². The van der Waals surface area contributed by atoms with Gasteiger partial charge in [0.05, 0.1) is 5.69 Å². The van der Waals surface area contributed by atoms with Gasteiger partial charge in [0, 0.05) is 22.5 Å². The molecule has 1 N–H and O–H groups in total. The number of carbonyl (C=O) groups is 2. The van der Waals surface area contributed by atoms with Crippen LogP contribution in [-0.2, 0) is 11.8 Å². The lowest BCUT2D eigenvalue weighted by molar-refractivity contribution is 0.0941. The first-order chi connectivity index (χ1) is 15.5. The van der Waals surface area contributed by atoms with Crippen molar-refractivity contribution in [2.45, 2.75) is 66.7 Å². The van der Waals surface area contributed by atoms with E-state index in [1.54, 1.807) is 24.3 Å². The summed E-state index contributed by atoms with van der Waals surface area (Å²) in [6.07, 6.45) is 1.99. The van der Waals surface area contributed by atoms with Crippen LogP contribution in [0, 0.1) is 19.8 Å². The Bertz CT molecular complexity index is 1130. The van der Waals surface area contributed by atoms with E-state index in [1.807, 2.05) is 38.1 Å². The maximum absolute atomic E-state index is 13.1. The van der Waals surface area contributed by atoms with Crippen molar-refractivity contribution in [3.05, 3.63) is 82.2 Å². The Morgan fingerprint density at radius 1 is 0.939 bits per heavy atom. The summed E-state index contributed by atoms with van der Waals surface area (Å²) in [7, 11) is 0. The molecule has 1 heterocycles. The summed E-state index contributed by atoms with van der Waals surface area (Å²) in [4.78, 5) is 25.7. The van der Waals surface area contributed by atoms with Gasteiger partial charge >= 0.3 is 0 Å². The number of rotatable bonds is 6. The molecule has 0 aliphatic carbocycles. The lowest BCUT2D eigenvalue weighted by Gasteiger charge is -2.19. The number of nitrogens with one attached hydrogen (secondary N) is 1. The van der Waals surface area contributed by atoms with Crippen molar-refractivity contribution in [3.8, 4) is 0 Å². The molecule has 1 amide bonds. The van der Waals surface area contributed by atoms with Crippen LogP contribution >= 0.6 is 0 Å². The zero-order valence-corrected chi connectivity index (χ0v) is 20.8. The lowest BCUT2D eigenvalue weighted by atomic mass is 9.87. The number of anilines is 1. The summed E-state index contributed by atoms with van der Waals surface area (Å²) in [5.74, 6) is 0.256. The number of hydrogen-bond acceptors (Lipinski definition) is 3. The van der Waals surface area contributed by atoms with Crippen molar-refractivity contribution in [2.75, 3.05) is 5.32 Å². The topological polar surface area (TPSA) is 64.0 Å². The Hall–Kier alpha value is -3.21. The Kier molecular flexibility index (Phi) is 7.21. The standard InChI is InChI=1S/C28H35N3O2/c1-18(2)8-17-25-19(3)30-31(20(25)4)27(33)22-11-15-24(16-12-22)29-26(32)21-9-13-23(14-10-21)28(5,6)7/h9-16,18H,8,17H2,1-7H3,(H,29,32). The van der Waals surface area contributed by atoms with Crippen LogP contribution in [-0.4, -0.2) is 21.6 Å². The van der Waals surface area contributed by atoms with Crippen LogP contribution in [0.4, 0.5) is 5.69 Å². The van der Waals surface area contributed by atoms with E-state index in [4.69, 9.17) is 0 Å². The van der Waals surface area contributed by atoms with Crippen molar-refractivity contribution in [1.82, 2.24) is 9.78 Å². The summed E-state index contributed by atoms with van der Waals surface area (Å²) >= 11 is 0. The van der Waals surface area contributed by atoms with Gasteiger partial charge in [0.1, 0.15) is 0 Å². The molecular weight excluding hydrogens is 410 g/mol. The van der Waals surface area contributed by atoms with Gasteiger partial charge in [-0.05, 0) is 85.5 Å². The normalized spacial score (nSPS) is 11.6. The van der Waals surface area contributed by atoms with Gasteiger partial charge in [0.25, 0.3) is 11.8 Å². The fraction of sp³-hybridized carbons (Fsp3) is 0.393. The van der Waals surface area contributed by atoms with E-state index >= 15 is 0 Å². The highest BCUT2D eigenvalue weighted by Gasteiger charge is 2.18. The number of aromatic nitrogens is 2. The predicted octanol–water partition coefficient (Wildman–Crippen LogP) is 6.33. The molecule has 0 saturated carbocycles. The fourth-order valence-electron chi connectivity index (χ4n) is 3.81. The number of hydrogen-bond donors (Lipinski definition) is 1. The highest BCUT2D eigenvalue weighted by Crippen LogP contribution is 2.23. The third kappa shape index (κ3) is 5.78. The van der Waals surface area contributed by atoms with E-state index in [9.17, 15) is 9.59 Å². The molecule has 1 aromatic heterocycles. The third-order valence-corrected chi connectivity index (χ3v) is 6.01. The molecule has 33 heavy (non-hydrogen) atoms. The van der Waals surface area contributed by atoms with Crippen LogP contribution in [0.1, 0.15) is 84.3 Å². The van der Waals surface area contributed by atoms with Crippen molar-refractivity contribution < 1.29 is 9.59 Å². The molecule has 0 radical (unpaired) electrons. The van der Waals surface area contributed by atoms with E-state index in [-0.39, 0.29) is 17.2 Å². The predicted molar refractivity (Wildman–Crippen MR) is 134 cm³/mol. The number of aryl methyl sites for hydroxylation is 1. The van der Waals surface area contributed by atoms with E-state index in [2.05, 4.69) is 45.0 Å². The Balaban J connectivity index is 1.71. The molecule has 5 nitrogen and oxygen atoms in total. The van der Waals surface area contributed by atoms with Gasteiger partial charge in [-0.2, -0.15) is 5.10 Å². The molecule has 0 saturated heterocycles. The number of benzene rings is 2. The fourth-order valence-corrected chi connectivity index (χ4v) is 3.81. The van der Waals surface area contributed by atoms with Gasteiger partial charge in [-0.3, -0.25) is 9.59 Å². The monoisotopic (exact) mass is 445 g/mol. The Labute approximate surface area is 197 Å². The van der Waals surface area contributed by atoms with Crippen LogP contribution in [0.15, 0.2) is 48.5 Å². The van der Waals surface area contributed by atoms with Crippen LogP contribution < -0.4 is 5.32 Å². The molecule has 0 aliphatic rings. The minimum atomic E-state index is -0.178. The Morgan fingerprint density at radius 3 is 2.06 bits per heavy atom. The first-order valence-corrected chi connectivity index (χ1v) is 11.6. The Morgan fingerprint density at radius 2 is 1.52 bits per heavy atom. The van der Waals surface area contributed by atoms with E-state index in [1.165, 1.54) is 10.2 Å². The van der Waals surface area contributed by atoms with Crippen LogP contribution in [0.3, 0.4) is 0 Å². The molecule has 0 unspecified atom stereocenters. The maximum atomic E-state index is 13.1. The average Bonchev–Trinajstić information content (AvgIpc) is 3.05. The van der Waals surface area contributed by atoms with E-state index in [0.29, 0.717) is 22.7 Å². The third-order valence-electron chi connectivity index (χ3n) is 6.01. The molecule has 0 atom stereocenters. The summed E-state index contributed by atoms with van der Waals surface area (Å²) in [6, 6.07) is 14.6. The zero-order chi connectivity index (χ0) is 24.3. The van der Waals surface area contributed by atoms with Crippen molar-refractivity contribution in [1.29, 1.82) is 0 Å². The smallest absolute Gasteiger partial charge is 0.278 e. The van der Waals surface area contributed by atoms with Gasteiger partial charge in [-0.1, -0.05) is 46.8 Å². The minimum Gasteiger partial charge on any atom is -0.322 e. The van der Waals surface area contributed by atoms with Crippen LogP contribution in [0.2, 0.25) is 0 Å². The summed E-state index contributed by atoms with van der Waals surface area (Å²) in [6.45, 7) is 14.7. The van der Waals surface area contributed by atoms with Gasteiger partial charge in [0.2, 0.25) is 0 Å². The molecule has 0 bridgehead atoms. The highest BCUT2D eigenvalue weighted by molar-refractivity contribution is 6.04. The van der Waals surface area contributed by atoms with Gasteiger partial charge in [-0.15, -0.1) is 0 Å². The first kappa shape index (κ1) is 24.4. The molecule has 2 aromatic carbocycles. The average molecular weight is 446 g/mol. The molecule has 174 valence electrons. The second kappa shape index (κ2) is 9.74. The molecule has 5 heteroatoms.